The fraction of sp³-hybridized carbons (Fsp3) is 0.636. The maximum atomic E-state index is 11.3. The van der Waals surface area contributed by atoms with Crippen molar-refractivity contribution >= 4 is 11.9 Å². The van der Waals surface area contributed by atoms with E-state index in [1.165, 1.54) is 0 Å². The molecule has 15 heavy (non-hydrogen) atoms. The van der Waals surface area contributed by atoms with E-state index < -0.39 is 22.8 Å². The number of amides is 1. The van der Waals surface area contributed by atoms with Crippen LogP contribution >= 0.6 is 0 Å². The summed E-state index contributed by atoms with van der Waals surface area (Å²) >= 11 is 0. The number of rotatable bonds is 3. The summed E-state index contributed by atoms with van der Waals surface area (Å²) in [6, 6.07) is 0. The zero-order valence-corrected chi connectivity index (χ0v) is 9.76. The molecule has 0 aliphatic heterocycles. The zero-order valence-electron chi connectivity index (χ0n) is 9.76. The maximum absolute atomic E-state index is 11.3. The van der Waals surface area contributed by atoms with Crippen molar-refractivity contribution in [1.29, 1.82) is 0 Å². The van der Waals surface area contributed by atoms with Crippen molar-refractivity contribution in [3.63, 3.8) is 0 Å². The second kappa shape index (κ2) is 4.35. The van der Waals surface area contributed by atoms with E-state index in [1.807, 2.05) is 0 Å². The van der Waals surface area contributed by atoms with Gasteiger partial charge in [-0.2, -0.15) is 0 Å². The van der Waals surface area contributed by atoms with E-state index in [1.54, 1.807) is 34.6 Å². The first kappa shape index (κ1) is 13.5. The Morgan fingerprint density at radius 3 is 2.00 bits per heavy atom. The minimum absolute atomic E-state index is 0.461. The van der Waals surface area contributed by atoms with Crippen molar-refractivity contribution in [3.05, 3.63) is 0 Å². The molecule has 0 aromatic rings. The van der Waals surface area contributed by atoms with Crippen molar-refractivity contribution in [3.8, 4) is 11.8 Å². The van der Waals surface area contributed by atoms with Crippen molar-refractivity contribution in [2.24, 2.45) is 5.41 Å². The Bertz CT molecular complexity index is 331. The monoisotopic (exact) mass is 211 g/mol. The van der Waals surface area contributed by atoms with Crippen LogP contribution in [0, 0.1) is 17.3 Å². The quantitative estimate of drug-likeness (QED) is 0.685. The van der Waals surface area contributed by atoms with E-state index in [0.29, 0.717) is 0 Å². The molecule has 4 nitrogen and oxygen atoms in total. The van der Waals surface area contributed by atoms with Gasteiger partial charge < -0.3 is 10.4 Å². The molecule has 0 saturated carbocycles. The number of carbonyl (C=O) groups is 2. The lowest BCUT2D eigenvalue weighted by molar-refractivity contribution is -0.151. The lowest BCUT2D eigenvalue weighted by Gasteiger charge is -2.38. The van der Waals surface area contributed by atoms with Crippen LogP contribution in [-0.4, -0.2) is 22.5 Å². The van der Waals surface area contributed by atoms with Gasteiger partial charge in [-0.1, -0.05) is 5.92 Å². The summed E-state index contributed by atoms with van der Waals surface area (Å²) in [5, 5.41) is 11.6. The molecule has 0 spiro atoms. The van der Waals surface area contributed by atoms with Gasteiger partial charge in [0.05, 0.1) is 11.0 Å². The lowest BCUT2D eigenvalue weighted by Crippen LogP contribution is -2.56. The number of hydrogen-bond donors (Lipinski definition) is 2. The molecule has 0 unspecified atom stereocenters. The Morgan fingerprint density at radius 2 is 1.67 bits per heavy atom. The Balaban J connectivity index is 4.88. The zero-order chi connectivity index (χ0) is 12.3. The van der Waals surface area contributed by atoms with E-state index in [0.717, 1.165) is 0 Å². The molecule has 0 rings (SSSR count). The fourth-order valence-corrected chi connectivity index (χ4v) is 0.852. The average Bonchev–Trinajstić information content (AvgIpc) is 2.02. The molecule has 0 aromatic carbocycles. The van der Waals surface area contributed by atoms with Gasteiger partial charge in [0.1, 0.15) is 0 Å². The summed E-state index contributed by atoms with van der Waals surface area (Å²) in [6.07, 6.45) is 0. The molecule has 4 heteroatoms. The lowest BCUT2D eigenvalue weighted by atomic mass is 9.74. The topological polar surface area (TPSA) is 66.4 Å². The van der Waals surface area contributed by atoms with Gasteiger partial charge in [0, 0.05) is 0 Å². The number of carbonyl (C=O) groups excluding carboxylic acids is 1. The van der Waals surface area contributed by atoms with Crippen LogP contribution in [0.4, 0.5) is 0 Å². The van der Waals surface area contributed by atoms with Crippen LogP contribution in [0.25, 0.3) is 0 Å². The first-order valence-corrected chi connectivity index (χ1v) is 4.63. The first-order chi connectivity index (χ1) is 6.65. The minimum atomic E-state index is -1.06. The SMILES string of the molecule is CC#CC(=O)NC(C)(C)C(C)(C)C(=O)O. The predicted octanol–water partition coefficient (Wildman–Crippen LogP) is 1.02. The van der Waals surface area contributed by atoms with Crippen LogP contribution in [0.15, 0.2) is 0 Å². The highest BCUT2D eigenvalue weighted by atomic mass is 16.4. The third-order valence-electron chi connectivity index (χ3n) is 2.76. The van der Waals surface area contributed by atoms with Crippen LogP contribution < -0.4 is 5.32 Å². The standard InChI is InChI=1S/C11H17NO3/c1-6-7-8(13)12-11(4,5)10(2,3)9(14)15/h1-5H3,(H,12,13)(H,14,15). The molecule has 0 radical (unpaired) electrons. The van der Waals surface area contributed by atoms with E-state index >= 15 is 0 Å². The third kappa shape index (κ3) is 2.98. The molecule has 0 aromatic heterocycles. The number of hydrogen-bond acceptors (Lipinski definition) is 2. The molecule has 84 valence electrons. The van der Waals surface area contributed by atoms with E-state index in [2.05, 4.69) is 17.2 Å². The maximum Gasteiger partial charge on any atom is 0.311 e. The molecule has 2 N–H and O–H groups in total. The van der Waals surface area contributed by atoms with E-state index in [4.69, 9.17) is 5.11 Å². The van der Waals surface area contributed by atoms with E-state index in [9.17, 15) is 9.59 Å². The molecular formula is C11H17NO3. The predicted molar refractivity (Wildman–Crippen MR) is 57.1 cm³/mol. The highest BCUT2D eigenvalue weighted by molar-refractivity contribution is 5.94. The van der Waals surface area contributed by atoms with Gasteiger partial charge in [-0.3, -0.25) is 9.59 Å². The van der Waals surface area contributed by atoms with Crippen LogP contribution in [-0.2, 0) is 9.59 Å². The smallest absolute Gasteiger partial charge is 0.311 e. The molecule has 1 amide bonds. The minimum Gasteiger partial charge on any atom is -0.481 e. The highest BCUT2D eigenvalue weighted by Crippen LogP contribution is 2.30. The molecule has 0 aliphatic carbocycles. The average molecular weight is 211 g/mol. The van der Waals surface area contributed by atoms with Crippen LogP contribution in [0.2, 0.25) is 0 Å². The number of aliphatic carboxylic acids is 1. The van der Waals surface area contributed by atoms with Crippen LogP contribution in [0.3, 0.4) is 0 Å². The second-order valence-corrected chi connectivity index (χ2v) is 4.38. The molecule has 0 aliphatic rings. The largest absolute Gasteiger partial charge is 0.481 e. The number of carboxylic acid groups (broad SMARTS) is 1. The van der Waals surface area contributed by atoms with Crippen LogP contribution in [0.5, 0.6) is 0 Å². The highest BCUT2D eigenvalue weighted by Gasteiger charge is 2.44. The van der Waals surface area contributed by atoms with Crippen molar-refractivity contribution in [2.75, 3.05) is 0 Å². The summed E-state index contributed by atoms with van der Waals surface area (Å²) in [6.45, 7) is 8.01. The van der Waals surface area contributed by atoms with Crippen molar-refractivity contribution < 1.29 is 14.7 Å². The van der Waals surface area contributed by atoms with Crippen molar-refractivity contribution in [2.45, 2.75) is 40.2 Å². The fourth-order valence-electron chi connectivity index (χ4n) is 0.852. The summed E-state index contributed by atoms with van der Waals surface area (Å²) in [4.78, 5) is 22.3. The summed E-state index contributed by atoms with van der Waals surface area (Å²) < 4.78 is 0. The van der Waals surface area contributed by atoms with Gasteiger partial charge in [-0.15, -0.1) is 0 Å². The Kier molecular flexibility index (Phi) is 3.91. The van der Waals surface area contributed by atoms with Gasteiger partial charge in [0.25, 0.3) is 5.91 Å². The normalized spacial score (nSPS) is 11.3. The summed E-state index contributed by atoms with van der Waals surface area (Å²) in [5.74, 6) is 3.36. The van der Waals surface area contributed by atoms with Gasteiger partial charge in [-0.25, -0.2) is 0 Å². The molecular weight excluding hydrogens is 194 g/mol. The van der Waals surface area contributed by atoms with Gasteiger partial charge >= 0.3 is 5.97 Å². The number of carboxylic acids is 1. The van der Waals surface area contributed by atoms with E-state index in [-0.39, 0.29) is 0 Å². The van der Waals surface area contributed by atoms with Crippen LogP contribution in [0.1, 0.15) is 34.6 Å². The Labute approximate surface area is 90.1 Å². The Hall–Kier alpha value is -1.50. The van der Waals surface area contributed by atoms with Gasteiger partial charge in [-0.05, 0) is 40.5 Å². The second-order valence-electron chi connectivity index (χ2n) is 4.38. The molecule has 0 bridgehead atoms. The summed E-state index contributed by atoms with van der Waals surface area (Å²) in [7, 11) is 0. The van der Waals surface area contributed by atoms with Gasteiger partial charge in [0.15, 0.2) is 0 Å². The molecule has 0 heterocycles. The number of nitrogens with one attached hydrogen (secondary N) is 1. The van der Waals surface area contributed by atoms with Crippen molar-refractivity contribution in [1.82, 2.24) is 5.32 Å². The first-order valence-electron chi connectivity index (χ1n) is 4.63. The Morgan fingerprint density at radius 1 is 1.20 bits per heavy atom. The van der Waals surface area contributed by atoms with Gasteiger partial charge in [0.2, 0.25) is 0 Å². The molecule has 0 fully saturated rings. The molecule has 0 saturated heterocycles. The summed E-state index contributed by atoms with van der Waals surface area (Å²) in [5.41, 5.74) is -1.92. The molecule has 0 atom stereocenters. The third-order valence-corrected chi connectivity index (χ3v) is 2.76.